The van der Waals surface area contributed by atoms with E-state index in [-0.39, 0.29) is 5.56 Å². The number of carbonyl (C=O) groups excluding carboxylic acids is 1. The molecule has 1 aromatic carbocycles. The number of anilines is 1. The summed E-state index contributed by atoms with van der Waals surface area (Å²) in [5, 5.41) is 3.08. The fourth-order valence-electron chi connectivity index (χ4n) is 2.42. The Labute approximate surface area is 125 Å². The third kappa shape index (κ3) is 3.10. The Bertz CT molecular complexity index is 661. The number of hydrogen-bond donors (Lipinski definition) is 1. The molecule has 0 spiro atoms. The molecule has 21 heavy (non-hydrogen) atoms. The van der Waals surface area contributed by atoms with Crippen molar-refractivity contribution in [3.05, 3.63) is 46.0 Å². The zero-order valence-electron chi connectivity index (χ0n) is 11.3. The van der Waals surface area contributed by atoms with E-state index in [0.29, 0.717) is 11.2 Å². The van der Waals surface area contributed by atoms with Gasteiger partial charge in [-0.2, -0.15) is 0 Å². The molecule has 0 unspecified atom stereocenters. The molecular weight excluding hydrogens is 294 g/mol. The van der Waals surface area contributed by atoms with Gasteiger partial charge in [0.15, 0.2) is 5.13 Å². The van der Waals surface area contributed by atoms with Crippen molar-refractivity contribution in [1.29, 1.82) is 0 Å². The van der Waals surface area contributed by atoms with Gasteiger partial charge < -0.3 is 0 Å². The molecule has 2 aromatic rings. The second-order valence-electron chi connectivity index (χ2n) is 5.03. The van der Waals surface area contributed by atoms with Gasteiger partial charge in [0.05, 0.1) is 11.3 Å². The first-order chi connectivity index (χ1) is 10.1. The van der Waals surface area contributed by atoms with Crippen LogP contribution in [-0.4, -0.2) is 10.9 Å². The number of amides is 1. The summed E-state index contributed by atoms with van der Waals surface area (Å²) >= 11 is 1.44. The van der Waals surface area contributed by atoms with Crippen molar-refractivity contribution in [3.8, 4) is 0 Å². The number of thiazole rings is 1. The van der Waals surface area contributed by atoms with Gasteiger partial charge in [-0.1, -0.05) is 6.42 Å². The highest BCUT2D eigenvalue weighted by atomic mass is 32.1. The van der Waals surface area contributed by atoms with E-state index < -0.39 is 17.5 Å². The summed E-state index contributed by atoms with van der Waals surface area (Å²) in [6, 6.07) is 2.90. The van der Waals surface area contributed by atoms with E-state index in [1.54, 1.807) is 0 Å². The highest BCUT2D eigenvalue weighted by Gasteiger charge is 2.17. The highest BCUT2D eigenvalue weighted by Crippen LogP contribution is 2.29. The van der Waals surface area contributed by atoms with Crippen molar-refractivity contribution in [2.75, 3.05) is 5.32 Å². The number of nitrogens with one attached hydrogen (secondary N) is 1. The van der Waals surface area contributed by atoms with Crippen LogP contribution in [0.5, 0.6) is 0 Å². The van der Waals surface area contributed by atoms with Gasteiger partial charge in [-0.05, 0) is 37.8 Å². The summed E-state index contributed by atoms with van der Waals surface area (Å²) in [6.07, 6.45) is 5.35. The molecule has 0 atom stereocenters. The van der Waals surface area contributed by atoms with Crippen molar-refractivity contribution in [2.24, 2.45) is 0 Å². The lowest BCUT2D eigenvalue weighted by atomic mass is 10.2. The molecule has 1 heterocycles. The highest BCUT2D eigenvalue weighted by molar-refractivity contribution is 7.15. The van der Waals surface area contributed by atoms with Crippen molar-refractivity contribution >= 4 is 22.4 Å². The first kappa shape index (κ1) is 14.1. The van der Waals surface area contributed by atoms with E-state index in [1.807, 2.05) is 0 Å². The number of carbonyl (C=O) groups is 1. The molecule has 1 aliphatic carbocycles. The molecule has 1 aromatic heterocycles. The molecule has 0 saturated heterocycles. The molecule has 0 fully saturated rings. The van der Waals surface area contributed by atoms with Crippen LogP contribution in [0.2, 0.25) is 0 Å². The van der Waals surface area contributed by atoms with E-state index in [0.717, 1.165) is 43.5 Å². The number of nitrogens with zero attached hydrogens (tertiary/aromatic N) is 1. The van der Waals surface area contributed by atoms with E-state index >= 15 is 0 Å². The van der Waals surface area contributed by atoms with E-state index in [4.69, 9.17) is 0 Å². The summed E-state index contributed by atoms with van der Waals surface area (Å²) in [4.78, 5) is 17.6. The van der Waals surface area contributed by atoms with Gasteiger partial charge in [-0.3, -0.25) is 10.1 Å². The van der Waals surface area contributed by atoms with Gasteiger partial charge in [0.25, 0.3) is 5.91 Å². The summed E-state index contributed by atoms with van der Waals surface area (Å²) < 4.78 is 26.4. The molecule has 6 heteroatoms. The molecule has 3 nitrogen and oxygen atoms in total. The Morgan fingerprint density at radius 1 is 1.19 bits per heavy atom. The van der Waals surface area contributed by atoms with Crippen LogP contribution < -0.4 is 5.32 Å². The van der Waals surface area contributed by atoms with E-state index in [9.17, 15) is 13.6 Å². The van der Waals surface area contributed by atoms with Crippen LogP contribution in [0, 0.1) is 11.6 Å². The Morgan fingerprint density at radius 2 is 2.00 bits per heavy atom. The largest absolute Gasteiger partial charge is 0.298 e. The lowest BCUT2D eigenvalue weighted by Gasteiger charge is -2.03. The topological polar surface area (TPSA) is 42.0 Å². The van der Waals surface area contributed by atoms with Gasteiger partial charge >= 0.3 is 0 Å². The third-order valence-electron chi connectivity index (χ3n) is 3.49. The predicted molar refractivity (Wildman–Crippen MR) is 77.7 cm³/mol. The number of aryl methyl sites for hydroxylation is 2. The molecule has 0 radical (unpaired) electrons. The number of aromatic nitrogens is 1. The lowest BCUT2D eigenvalue weighted by Crippen LogP contribution is -2.13. The zero-order valence-corrected chi connectivity index (χ0v) is 12.1. The SMILES string of the molecule is O=C(Nc1nc2c(s1)CCCCC2)c1ccc(F)cc1F. The van der Waals surface area contributed by atoms with Crippen LogP contribution in [0.1, 0.15) is 40.2 Å². The lowest BCUT2D eigenvalue weighted by molar-refractivity contribution is 0.102. The van der Waals surface area contributed by atoms with E-state index in [2.05, 4.69) is 10.3 Å². The molecule has 1 amide bonds. The number of fused-ring (bicyclic) bond motifs is 1. The minimum atomic E-state index is -0.870. The molecular formula is C15H14F2N2OS. The summed E-state index contributed by atoms with van der Waals surface area (Å²) in [6.45, 7) is 0. The Kier molecular flexibility index (Phi) is 3.96. The van der Waals surface area contributed by atoms with Crippen molar-refractivity contribution in [1.82, 2.24) is 4.98 Å². The molecule has 3 rings (SSSR count). The average Bonchev–Trinajstić information content (AvgIpc) is 2.67. The van der Waals surface area contributed by atoms with Gasteiger partial charge in [0, 0.05) is 10.9 Å². The number of halogens is 2. The number of rotatable bonds is 2. The van der Waals surface area contributed by atoms with Gasteiger partial charge in [0.2, 0.25) is 0 Å². The molecule has 0 aliphatic heterocycles. The van der Waals surface area contributed by atoms with Crippen molar-refractivity contribution < 1.29 is 13.6 Å². The Hall–Kier alpha value is -1.82. The molecule has 1 aliphatic rings. The quantitative estimate of drug-likeness (QED) is 0.854. The van der Waals surface area contributed by atoms with Gasteiger partial charge in [-0.25, -0.2) is 13.8 Å². The maximum Gasteiger partial charge on any atom is 0.260 e. The van der Waals surface area contributed by atoms with Gasteiger partial charge in [-0.15, -0.1) is 11.3 Å². The zero-order chi connectivity index (χ0) is 14.8. The summed E-state index contributed by atoms with van der Waals surface area (Å²) in [7, 11) is 0. The smallest absolute Gasteiger partial charge is 0.260 e. The average molecular weight is 308 g/mol. The first-order valence-corrected chi connectivity index (χ1v) is 7.70. The maximum atomic E-state index is 13.6. The van der Waals surface area contributed by atoms with Crippen LogP contribution in [0.4, 0.5) is 13.9 Å². The summed E-state index contributed by atoms with van der Waals surface area (Å²) in [5.74, 6) is -2.17. The van der Waals surface area contributed by atoms with Crippen LogP contribution in [-0.2, 0) is 12.8 Å². The second kappa shape index (κ2) is 5.89. The number of benzene rings is 1. The van der Waals surface area contributed by atoms with Crippen LogP contribution >= 0.6 is 11.3 Å². The minimum absolute atomic E-state index is 0.179. The Balaban J connectivity index is 1.78. The normalized spacial score (nSPS) is 14.4. The first-order valence-electron chi connectivity index (χ1n) is 6.88. The van der Waals surface area contributed by atoms with Gasteiger partial charge in [0.1, 0.15) is 11.6 Å². The van der Waals surface area contributed by atoms with Crippen molar-refractivity contribution in [2.45, 2.75) is 32.1 Å². The summed E-state index contributed by atoms with van der Waals surface area (Å²) in [5.41, 5.74) is 0.856. The van der Waals surface area contributed by atoms with Crippen molar-refractivity contribution in [3.63, 3.8) is 0 Å². The van der Waals surface area contributed by atoms with Crippen LogP contribution in [0.25, 0.3) is 0 Å². The molecule has 0 saturated carbocycles. The third-order valence-corrected chi connectivity index (χ3v) is 4.56. The fraction of sp³-hybridized carbons (Fsp3) is 0.333. The second-order valence-corrected chi connectivity index (χ2v) is 6.11. The van der Waals surface area contributed by atoms with E-state index in [1.165, 1.54) is 22.6 Å². The predicted octanol–water partition coefficient (Wildman–Crippen LogP) is 3.94. The standard InChI is InChI=1S/C15H14F2N2OS/c16-9-6-7-10(11(17)8-9)14(20)19-15-18-12-4-2-1-3-5-13(12)21-15/h6-8H,1-5H2,(H,18,19,20). The Morgan fingerprint density at radius 3 is 2.81 bits per heavy atom. The molecule has 110 valence electrons. The fourth-order valence-corrected chi connectivity index (χ4v) is 3.47. The van der Waals surface area contributed by atoms with Crippen LogP contribution in [0.15, 0.2) is 18.2 Å². The maximum absolute atomic E-state index is 13.6. The monoisotopic (exact) mass is 308 g/mol. The van der Waals surface area contributed by atoms with Crippen LogP contribution in [0.3, 0.4) is 0 Å². The molecule has 0 bridgehead atoms. The number of hydrogen-bond acceptors (Lipinski definition) is 3. The minimum Gasteiger partial charge on any atom is -0.298 e. The molecule has 1 N–H and O–H groups in total.